The minimum absolute atomic E-state index is 0.0495. The lowest BCUT2D eigenvalue weighted by molar-refractivity contribution is -0.147. The van der Waals surface area contributed by atoms with Gasteiger partial charge in [0.15, 0.2) is 5.82 Å². The van der Waals surface area contributed by atoms with E-state index in [1.54, 1.807) is 11.3 Å². The van der Waals surface area contributed by atoms with E-state index in [1.807, 2.05) is 17.0 Å². The number of anilines is 1. The molecule has 0 saturated carbocycles. The van der Waals surface area contributed by atoms with Gasteiger partial charge >= 0.3 is 12.2 Å². The fourth-order valence-electron chi connectivity index (χ4n) is 4.90. The molecule has 0 amide bonds. The maximum Gasteiger partial charge on any atom is 0.451 e. The standard InChI is InChI=1S/C24H23F3N6OS/c1-2-5-17-12-18-20(32-8-9-33-19(13-32)30-31-22(33)24(25,26)27)28-23(29-21(18)35-17)34-16-10-14-6-3-4-7-15(14)11-16/h3-4,6-7,12,16H,2,5,8-11,13H2,1H3. The minimum atomic E-state index is -4.53. The molecule has 0 spiro atoms. The van der Waals surface area contributed by atoms with Crippen molar-refractivity contribution in [2.24, 2.45) is 0 Å². The molecular weight excluding hydrogens is 477 g/mol. The molecule has 0 fully saturated rings. The van der Waals surface area contributed by atoms with Crippen molar-refractivity contribution >= 4 is 27.4 Å². The van der Waals surface area contributed by atoms with E-state index < -0.39 is 12.0 Å². The van der Waals surface area contributed by atoms with Crippen molar-refractivity contribution < 1.29 is 17.9 Å². The van der Waals surface area contributed by atoms with Gasteiger partial charge in [-0.1, -0.05) is 37.6 Å². The SMILES string of the molecule is CCCc1cc2c(N3CCn4c(nnc4C(F)(F)F)C3)nc(OC3Cc4ccccc4C3)nc2s1. The highest BCUT2D eigenvalue weighted by Gasteiger charge is 2.40. The number of thiophene rings is 1. The van der Waals surface area contributed by atoms with Gasteiger partial charge in [-0.05, 0) is 23.6 Å². The third kappa shape index (κ3) is 4.11. The molecule has 0 N–H and O–H groups in total. The normalized spacial score (nSPS) is 16.1. The predicted octanol–water partition coefficient (Wildman–Crippen LogP) is 4.82. The molecule has 182 valence electrons. The van der Waals surface area contributed by atoms with E-state index in [0.29, 0.717) is 18.4 Å². The fourth-order valence-corrected chi connectivity index (χ4v) is 6.01. The van der Waals surface area contributed by atoms with Crippen molar-refractivity contribution in [3.8, 4) is 6.01 Å². The molecule has 0 saturated heterocycles. The first-order valence-corrected chi connectivity index (χ1v) is 12.5. The lowest BCUT2D eigenvalue weighted by Gasteiger charge is -2.29. The van der Waals surface area contributed by atoms with Crippen LogP contribution in [-0.2, 0) is 38.5 Å². The van der Waals surface area contributed by atoms with E-state index in [2.05, 4.69) is 35.3 Å². The van der Waals surface area contributed by atoms with E-state index in [-0.39, 0.29) is 25.0 Å². The van der Waals surface area contributed by atoms with Crippen molar-refractivity contribution in [2.45, 2.75) is 58.0 Å². The zero-order valence-electron chi connectivity index (χ0n) is 19.0. The number of rotatable bonds is 5. The minimum Gasteiger partial charge on any atom is -0.459 e. The first-order chi connectivity index (χ1) is 16.9. The zero-order valence-corrected chi connectivity index (χ0v) is 19.9. The summed E-state index contributed by atoms with van der Waals surface area (Å²) in [6.45, 7) is 2.79. The number of alkyl halides is 3. The summed E-state index contributed by atoms with van der Waals surface area (Å²) in [4.78, 5) is 13.5. The number of ether oxygens (including phenoxy) is 1. The second-order valence-electron chi connectivity index (χ2n) is 8.94. The molecule has 35 heavy (non-hydrogen) atoms. The molecule has 0 unspecified atom stereocenters. The maximum absolute atomic E-state index is 13.3. The Labute approximate surface area is 203 Å². The first-order valence-electron chi connectivity index (χ1n) is 11.7. The molecule has 0 atom stereocenters. The highest BCUT2D eigenvalue weighted by atomic mass is 32.1. The van der Waals surface area contributed by atoms with Crippen LogP contribution < -0.4 is 9.64 Å². The molecule has 1 aromatic carbocycles. The number of benzene rings is 1. The van der Waals surface area contributed by atoms with Gasteiger partial charge in [-0.15, -0.1) is 21.5 Å². The van der Waals surface area contributed by atoms with Gasteiger partial charge in [0.2, 0.25) is 5.82 Å². The Morgan fingerprint density at radius 2 is 1.86 bits per heavy atom. The van der Waals surface area contributed by atoms with Gasteiger partial charge in [0.25, 0.3) is 0 Å². The summed E-state index contributed by atoms with van der Waals surface area (Å²) >= 11 is 1.61. The van der Waals surface area contributed by atoms with Crippen molar-refractivity contribution in [3.05, 3.63) is 58.0 Å². The van der Waals surface area contributed by atoms with Gasteiger partial charge in [0.1, 0.15) is 16.8 Å². The number of hydrogen-bond donors (Lipinski definition) is 0. The Bertz CT molecular complexity index is 1370. The van der Waals surface area contributed by atoms with Crippen LogP contribution in [0.5, 0.6) is 6.01 Å². The van der Waals surface area contributed by atoms with E-state index in [9.17, 15) is 13.2 Å². The maximum atomic E-state index is 13.3. The van der Waals surface area contributed by atoms with Crippen LogP contribution in [0.25, 0.3) is 10.2 Å². The molecule has 3 aromatic heterocycles. The van der Waals surface area contributed by atoms with Gasteiger partial charge < -0.3 is 14.2 Å². The van der Waals surface area contributed by atoms with Crippen LogP contribution in [0.3, 0.4) is 0 Å². The molecule has 4 aromatic rings. The Kier molecular flexibility index (Phi) is 5.39. The van der Waals surface area contributed by atoms with E-state index in [4.69, 9.17) is 14.7 Å². The van der Waals surface area contributed by atoms with Gasteiger partial charge in [-0.3, -0.25) is 0 Å². The Morgan fingerprint density at radius 3 is 2.57 bits per heavy atom. The summed E-state index contributed by atoms with van der Waals surface area (Å²) in [5.41, 5.74) is 2.55. The van der Waals surface area contributed by atoms with Crippen molar-refractivity contribution in [1.29, 1.82) is 0 Å². The van der Waals surface area contributed by atoms with Crippen molar-refractivity contribution in [3.63, 3.8) is 0 Å². The zero-order chi connectivity index (χ0) is 24.2. The monoisotopic (exact) mass is 500 g/mol. The predicted molar refractivity (Wildman–Crippen MR) is 126 cm³/mol. The van der Waals surface area contributed by atoms with E-state index in [1.165, 1.54) is 16.0 Å². The molecule has 11 heteroatoms. The highest BCUT2D eigenvalue weighted by molar-refractivity contribution is 7.18. The van der Waals surface area contributed by atoms with Crippen LogP contribution in [-0.4, -0.2) is 37.4 Å². The summed E-state index contributed by atoms with van der Waals surface area (Å²) < 4.78 is 47.3. The number of aryl methyl sites for hydroxylation is 1. The van der Waals surface area contributed by atoms with Gasteiger partial charge in [-0.25, -0.2) is 0 Å². The fraction of sp³-hybridized carbons (Fsp3) is 0.417. The summed E-state index contributed by atoms with van der Waals surface area (Å²) in [5.74, 6) is -0.0134. The summed E-state index contributed by atoms with van der Waals surface area (Å²) in [6.07, 6.45) is -1.05. The third-order valence-corrected chi connectivity index (χ3v) is 7.58. The van der Waals surface area contributed by atoms with Crippen LogP contribution in [0.2, 0.25) is 0 Å². The lowest BCUT2D eigenvalue weighted by atomic mass is 10.1. The van der Waals surface area contributed by atoms with E-state index >= 15 is 0 Å². The summed E-state index contributed by atoms with van der Waals surface area (Å²) in [6, 6.07) is 10.7. The van der Waals surface area contributed by atoms with Crippen molar-refractivity contribution in [1.82, 2.24) is 24.7 Å². The van der Waals surface area contributed by atoms with Crippen LogP contribution in [0.15, 0.2) is 30.3 Å². The Hall–Kier alpha value is -3.21. The molecule has 1 aliphatic heterocycles. The number of fused-ring (bicyclic) bond motifs is 3. The molecular formula is C24H23F3N6OS. The highest BCUT2D eigenvalue weighted by Crippen LogP contribution is 2.36. The van der Waals surface area contributed by atoms with Gasteiger partial charge in [-0.2, -0.15) is 23.1 Å². The molecule has 4 heterocycles. The summed E-state index contributed by atoms with van der Waals surface area (Å²) in [7, 11) is 0. The van der Waals surface area contributed by atoms with Gasteiger partial charge in [0, 0.05) is 30.8 Å². The number of hydrogen-bond acceptors (Lipinski definition) is 7. The topological polar surface area (TPSA) is 69.0 Å². The van der Waals surface area contributed by atoms with Crippen LogP contribution in [0.1, 0.15) is 41.0 Å². The van der Waals surface area contributed by atoms with Gasteiger partial charge in [0.05, 0.1) is 11.9 Å². The molecule has 7 nitrogen and oxygen atoms in total. The number of halogens is 3. The Morgan fingerprint density at radius 1 is 1.09 bits per heavy atom. The summed E-state index contributed by atoms with van der Waals surface area (Å²) in [5, 5.41) is 8.11. The molecule has 0 radical (unpaired) electrons. The second-order valence-corrected chi connectivity index (χ2v) is 10.1. The lowest BCUT2D eigenvalue weighted by Crippen LogP contribution is -2.36. The third-order valence-electron chi connectivity index (χ3n) is 6.49. The average Bonchev–Trinajstić information content (AvgIpc) is 3.53. The second kappa shape index (κ2) is 8.47. The Balaban J connectivity index is 1.33. The van der Waals surface area contributed by atoms with Crippen LogP contribution in [0.4, 0.5) is 19.0 Å². The molecule has 0 bridgehead atoms. The average molecular weight is 501 g/mol. The first kappa shape index (κ1) is 22.3. The number of nitrogens with zero attached hydrogens (tertiary/aromatic N) is 6. The smallest absolute Gasteiger partial charge is 0.451 e. The largest absolute Gasteiger partial charge is 0.459 e. The molecule has 1 aliphatic carbocycles. The number of aromatic nitrogens is 5. The van der Waals surface area contributed by atoms with Crippen LogP contribution >= 0.6 is 11.3 Å². The molecule has 6 rings (SSSR count). The van der Waals surface area contributed by atoms with Crippen LogP contribution in [0, 0.1) is 0 Å². The quantitative estimate of drug-likeness (QED) is 0.391. The van der Waals surface area contributed by atoms with E-state index in [0.717, 1.165) is 40.5 Å². The molecule has 2 aliphatic rings. The van der Waals surface area contributed by atoms with Crippen molar-refractivity contribution in [2.75, 3.05) is 11.4 Å².